The third-order valence-corrected chi connectivity index (χ3v) is 4.68. The van der Waals surface area contributed by atoms with Crippen molar-refractivity contribution in [1.29, 1.82) is 0 Å². The minimum atomic E-state index is -0.905. The Morgan fingerprint density at radius 1 is 1.12 bits per heavy atom. The zero-order chi connectivity index (χ0) is 17.5. The molecule has 1 atom stereocenters. The van der Waals surface area contributed by atoms with Gasteiger partial charge in [0.15, 0.2) is 0 Å². The molecule has 0 aliphatic rings. The summed E-state index contributed by atoms with van der Waals surface area (Å²) < 4.78 is 0.959. The molecule has 0 fully saturated rings. The topological polar surface area (TPSA) is 66.4 Å². The second-order valence-electron chi connectivity index (χ2n) is 5.79. The lowest BCUT2D eigenvalue weighted by atomic mass is 9.99. The van der Waals surface area contributed by atoms with E-state index in [9.17, 15) is 14.7 Å². The van der Waals surface area contributed by atoms with Crippen LogP contribution in [0.5, 0.6) is 0 Å². The number of rotatable bonds is 7. The monoisotopic (exact) mass is 389 g/mol. The van der Waals surface area contributed by atoms with Crippen LogP contribution in [0.2, 0.25) is 0 Å². The lowest BCUT2D eigenvalue weighted by Gasteiger charge is -2.14. The van der Waals surface area contributed by atoms with Gasteiger partial charge in [-0.2, -0.15) is 0 Å². The van der Waals surface area contributed by atoms with Crippen LogP contribution in [-0.2, 0) is 22.4 Å². The van der Waals surface area contributed by atoms with Gasteiger partial charge in [-0.05, 0) is 36.1 Å². The van der Waals surface area contributed by atoms with Crippen LogP contribution in [0.1, 0.15) is 16.7 Å². The Balaban J connectivity index is 1.90. The Morgan fingerprint density at radius 2 is 1.83 bits per heavy atom. The first-order valence-corrected chi connectivity index (χ1v) is 8.53. The van der Waals surface area contributed by atoms with Crippen molar-refractivity contribution in [1.82, 2.24) is 5.32 Å². The summed E-state index contributed by atoms with van der Waals surface area (Å²) in [5.74, 6) is -1.72. The Bertz CT molecular complexity index is 716. The fourth-order valence-corrected chi connectivity index (χ4v) is 2.80. The summed E-state index contributed by atoms with van der Waals surface area (Å²) in [5, 5.41) is 12.1. The summed E-state index contributed by atoms with van der Waals surface area (Å²) in [6.45, 7) is 2.10. The quantitative estimate of drug-likeness (QED) is 0.762. The van der Waals surface area contributed by atoms with E-state index in [0.29, 0.717) is 6.42 Å². The van der Waals surface area contributed by atoms with Gasteiger partial charge in [-0.25, -0.2) is 0 Å². The van der Waals surface area contributed by atoms with Crippen LogP contribution in [0.15, 0.2) is 53.0 Å². The molecule has 0 heterocycles. The lowest BCUT2D eigenvalue weighted by Crippen LogP contribution is -2.34. The fourth-order valence-electron chi connectivity index (χ4n) is 2.38. The third-order valence-electron chi connectivity index (χ3n) is 3.82. The first kappa shape index (κ1) is 18.2. The molecule has 1 amide bonds. The Labute approximate surface area is 150 Å². The molecule has 0 aliphatic carbocycles. The summed E-state index contributed by atoms with van der Waals surface area (Å²) in [7, 11) is 0. The maximum absolute atomic E-state index is 12.1. The molecule has 0 saturated carbocycles. The number of hydrogen-bond donors (Lipinski definition) is 2. The van der Waals surface area contributed by atoms with Gasteiger partial charge < -0.3 is 10.4 Å². The largest absolute Gasteiger partial charge is 0.481 e. The molecule has 2 aromatic rings. The van der Waals surface area contributed by atoms with Gasteiger partial charge >= 0.3 is 5.97 Å². The average molecular weight is 390 g/mol. The first-order chi connectivity index (χ1) is 11.5. The molecule has 2 rings (SSSR count). The molecule has 0 spiro atoms. The maximum atomic E-state index is 12.1. The van der Waals surface area contributed by atoms with Gasteiger partial charge in [-0.15, -0.1) is 0 Å². The maximum Gasteiger partial charge on any atom is 0.308 e. The van der Waals surface area contributed by atoms with Gasteiger partial charge in [0.25, 0.3) is 0 Å². The molecule has 126 valence electrons. The van der Waals surface area contributed by atoms with Gasteiger partial charge in [0.2, 0.25) is 5.91 Å². The number of carboxylic acids is 1. The van der Waals surface area contributed by atoms with Crippen molar-refractivity contribution in [2.24, 2.45) is 5.92 Å². The highest BCUT2D eigenvalue weighted by molar-refractivity contribution is 9.10. The van der Waals surface area contributed by atoms with Crippen molar-refractivity contribution in [2.75, 3.05) is 6.54 Å². The van der Waals surface area contributed by atoms with Gasteiger partial charge in [-0.1, -0.05) is 58.4 Å². The molecule has 1 unspecified atom stereocenters. The van der Waals surface area contributed by atoms with E-state index >= 15 is 0 Å². The molecule has 24 heavy (non-hydrogen) atoms. The highest BCUT2D eigenvalue weighted by Crippen LogP contribution is 2.17. The van der Waals surface area contributed by atoms with E-state index in [4.69, 9.17) is 0 Å². The summed E-state index contributed by atoms with van der Waals surface area (Å²) >= 11 is 3.44. The highest BCUT2D eigenvalue weighted by Gasteiger charge is 2.19. The number of hydrogen-bond acceptors (Lipinski definition) is 2. The predicted octanol–water partition coefficient (Wildman–Crippen LogP) is 3.36. The number of halogens is 1. The summed E-state index contributed by atoms with van der Waals surface area (Å²) in [6.07, 6.45) is 0.628. The van der Waals surface area contributed by atoms with Gasteiger partial charge in [0.1, 0.15) is 0 Å². The van der Waals surface area contributed by atoms with Crippen LogP contribution in [0.3, 0.4) is 0 Å². The van der Waals surface area contributed by atoms with E-state index in [-0.39, 0.29) is 18.9 Å². The van der Waals surface area contributed by atoms with Crippen molar-refractivity contribution >= 4 is 27.8 Å². The van der Waals surface area contributed by atoms with E-state index < -0.39 is 11.9 Å². The number of nitrogens with one attached hydrogen (secondary N) is 1. The number of aryl methyl sites for hydroxylation is 1. The molecule has 4 nitrogen and oxygen atoms in total. The smallest absolute Gasteiger partial charge is 0.308 e. The van der Waals surface area contributed by atoms with Crippen molar-refractivity contribution in [2.45, 2.75) is 19.8 Å². The number of aliphatic carboxylic acids is 1. The molecule has 0 aromatic heterocycles. The van der Waals surface area contributed by atoms with Crippen molar-refractivity contribution in [3.8, 4) is 0 Å². The predicted molar refractivity (Wildman–Crippen MR) is 96.9 cm³/mol. The van der Waals surface area contributed by atoms with E-state index in [1.807, 2.05) is 55.5 Å². The van der Waals surface area contributed by atoms with E-state index in [1.54, 1.807) is 0 Å². The molecule has 0 radical (unpaired) electrons. The SMILES string of the molecule is Cc1ccc(CC(=O)NCC(Cc2ccccc2)C(=O)O)cc1Br. The van der Waals surface area contributed by atoms with Gasteiger partial charge in [-0.3, -0.25) is 9.59 Å². The number of carboxylic acid groups (broad SMARTS) is 1. The first-order valence-electron chi connectivity index (χ1n) is 7.74. The van der Waals surface area contributed by atoms with Crippen molar-refractivity contribution in [3.63, 3.8) is 0 Å². The minimum Gasteiger partial charge on any atom is -0.481 e. The number of carbonyl (C=O) groups is 2. The van der Waals surface area contributed by atoms with Crippen molar-refractivity contribution < 1.29 is 14.7 Å². The van der Waals surface area contributed by atoms with Crippen LogP contribution in [0.25, 0.3) is 0 Å². The standard InChI is InChI=1S/C19H20BrNO3/c1-13-7-8-15(10-17(13)20)11-18(22)21-12-16(19(23)24)9-14-5-3-2-4-6-14/h2-8,10,16H,9,11-12H2,1H3,(H,21,22)(H,23,24). The minimum absolute atomic E-state index is 0.121. The van der Waals surface area contributed by atoms with Crippen LogP contribution < -0.4 is 5.32 Å². The molecular weight excluding hydrogens is 370 g/mol. The zero-order valence-electron chi connectivity index (χ0n) is 13.5. The lowest BCUT2D eigenvalue weighted by molar-refractivity contribution is -0.141. The van der Waals surface area contributed by atoms with Crippen LogP contribution in [0, 0.1) is 12.8 Å². The van der Waals surface area contributed by atoms with Gasteiger partial charge in [0, 0.05) is 11.0 Å². The molecule has 2 aromatic carbocycles. The van der Waals surface area contributed by atoms with Crippen LogP contribution in [0.4, 0.5) is 0 Å². The Morgan fingerprint density at radius 3 is 2.46 bits per heavy atom. The normalized spacial score (nSPS) is 11.8. The number of amides is 1. The second kappa shape index (κ2) is 8.64. The highest BCUT2D eigenvalue weighted by atomic mass is 79.9. The number of benzene rings is 2. The average Bonchev–Trinajstić information content (AvgIpc) is 2.55. The van der Waals surface area contributed by atoms with Crippen LogP contribution in [-0.4, -0.2) is 23.5 Å². The zero-order valence-corrected chi connectivity index (χ0v) is 15.0. The molecule has 2 N–H and O–H groups in total. The van der Waals surface area contributed by atoms with E-state index in [1.165, 1.54) is 0 Å². The third kappa shape index (κ3) is 5.49. The van der Waals surface area contributed by atoms with E-state index in [2.05, 4.69) is 21.2 Å². The van der Waals surface area contributed by atoms with E-state index in [0.717, 1.165) is 21.2 Å². The van der Waals surface area contributed by atoms with Crippen LogP contribution >= 0.6 is 15.9 Å². The summed E-state index contributed by atoms with van der Waals surface area (Å²) in [6, 6.07) is 15.2. The summed E-state index contributed by atoms with van der Waals surface area (Å²) in [5.41, 5.74) is 2.94. The molecule has 5 heteroatoms. The van der Waals surface area contributed by atoms with Gasteiger partial charge in [0.05, 0.1) is 12.3 Å². The number of carbonyl (C=O) groups excluding carboxylic acids is 1. The molecular formula is C19H20BrNO3. The Kier molecular flexibility index (Phi) is 6.55. The fraction of sp³-hybridized carbons (Fsp3) is 0.263. The molecule has 0 bridgehead atoms. The molecule has 0 saturated heterocycles. The summed E-state index contributed by atoms with van der Waals surface area (Å²) in [4.78, 5) is 23.5. The van der Waals surface area contributed by atoms with Crippen molar-refractivity contribution in [3.05, 3.63) is 69.7 Å². The molecule has 0 aliphatic heterocycles. The second-order valence-corrected chi connectivity index (χ2v) is 6.64. The Hall–Kier alpha value is -2.14.